The highest BCUT2D eigenvalue weighted by Crippen LogP contribution is 2.11. The molecule has 0 amide bonds. The minimum absolute atomic E-state index is 0.201. The van der Waals surface area contributed by atoms with E-state index in [0.717, 1.165) is 5.69 Å². The Morgan fingerprint density at radius 3 is 2.85 bits per heavy atom. The van der Waals surface area contributed by atoms with Crippen molar-refractivity contribution in [3.8, 4) is 5.69 Å². The normalized spacial score (nSPS) is 10.3. The highest BCUT2D eigenvalue weighted by molar-refractivity contribution is 5.34. The van der Waals surface area contributed by atoms with Crippen LogP contribution in [0, 0.1) is 12.7 Å². The van der Waals surface area contributed by atoms with Crippen LogP contribution in [0.15, 0.2) is 36.7 Å². The Morgan fingerprint density at radius 2 is 2.23 bits per heavy atom. The van der Waals surface area contributed by atoms with Crippen molar-refractivity contribution < 1.29 is 4.39 Å². The van der Waals surface area contributed by atoms with Gasteiger partial charge >= 0.3 is 0 Å². The molecule has 0 radical (unpaired) electrons. The number of aryl methyl sites for hydroxylation is 1. The van der Waals surface area contributed by atoms with E-state index < -0.39 is 0 Å². The molecule has 0 bridgehead atoms. The Balaban J connectivity index is 2.49. The summed E-state index contributed by atoms with van der Waals surface area (Å²) < 4.78 is 14.8. The first-order valence-corrected chi connectivity index (χ1v) is 4.03. The summed E-state index contributed by atoms with van der Waals surface area (Å²) >= 11 is 0. The van der Waals surface area contributed by atoms with E-state index in [1.165, 1.54) is 6.07 Å². The molecule has 1 aromatic heterocycles. The van der Waals surface area contributed by atoms with Gasteiger partial charge < -0.3 is 0 Å². The van der Waals surface area contributed by atoms with E-state index in [9.17, 15) is 4.39 Å². The van der Waals surface area contributed by atoms with Crippen molar-refractivity contribution >= 4 is 0 Å². The van der Waals surface area contributed by atoms with Crippen LogP contribution in [0.2, 0.25) is 0 Å². The standard InChI is InChI=1S/C10H9FN2/c1-8-3-4-9(7-10(8)11)13-6-2-5-12-13/h2-7H,1H3. The molecule has 3 heteroatoms. The van der Waals surface area contributed by atoms with Crippen LogP contribution in [0.25, 0.3) is 5.69 Å². The predicted molar refractivity (Wildman–Crippen MR) is 48.3 cm³/mol. The maximum absolute atomic E-state index is 13.1. The lowest BCUT2D eigenvalue weighted by molar-refractivity contribution is 0.616. The molecular formula is C10H9FN2. The summed E-state index contributed by atoms with van der Waals surface area (Å²) in [6.45, 7) is 1.74. The van der Waals surface area contributed by atoms with Crippen molar-refractivity contribution in [3.63, 3.8) is 0 Å². The molecule has 0 N–H and O–H groups in total. The van der Waals surface area contributed by atoms with Gasteiger partial charge in [0.1, 0.15) is 5.82 Å². The summed E-state index contributed by atoms with van der Waals surface area (Å²) in [7, 11) is 0. The van der Waals surface area contributed by atoms with Gasteiger partial charge in [-0.2, -0.15) is 5.10 Å². The third-order valence-electron chi connectivity index (χ3n) is 1.92. The van der Waals surface area contributed by atoms with Crippen molar-refractivity contribution in [3.05, 3.63) is 48.0 Å². The Kier molecular flexibility index (Phi) is 1.85. The molecule has 1 aromatic carbocycles. The molecule has 0 saturated heterocycles. The van der Waals surface area contributed by atoms with Crippen LogP contribution in [0.4, 0.5) is 4.39 Å². The molecule has 66 valence electrons. The lowest BCUT2D eigenvalue weighted by Gasteiger charge is -2.02. The lowest BCUT2D eigenvalue weighted by atomic mass is 10.2. The second-order valence-corrected chi connectivity index (χ2v) is 2.88. The zero-order valence-corrected chi connectivity index (χ0v) is 7.24. The molecule has 2 aromatic rings. The summed E-state index contributed by atoms with van der Waals surface area (Å²) in [5.74, 6) is -0.201. The van der Waals surface area contributed by atoms with Gasteiger partial charge in [0.2, 0.25) is 0 Å². The van der Waals surface area contributed by atoms with E-state index in [1.54, 1.807) is 36.1 Å². The smallest absolute Gasteiger partial charge is 0.128 e. The van der Waals surface area contributed by atoms with Gasteiger partial charge in [-0.15, -0.1) is 0 Å². The van der Waals surface area contributed by atoms with Crippen LogP contribution in [-0.2, 0) is 0 Å². The van der Waals surface area contributed by atoms with Gasteiger partial charge in [-0.25, -0.2) is 9.07 Å². The van der Waals surface area contributed by atoms with E-state index in [-0.39, 0.29) is 5.82 Å². The Bertz CT molecular complexity index is 407. The van der Waals surface area contributed by atoms with Crippen LogP contribution in [-0.4, -0.2) is 9.78 Å². The van der Waals surface area contributed by atoms with Gasteiger partial charge in [-0.05, 0) is 30.7 Å². The molecule has 0 aliphatic heterocycles. The van der Waals surface area contributed by atoms with Crippen molar-refractivity contribution in [2.75, 3.05) is 0 Å². The summed E-state index contributed by atoms with van der Waals surface area (Å²) in [6.07, 6.45) is 3.45. The van der Waals surface area contributed by atoms with Gasteiger partial charge in [0.25, 0.3) is 0 Å². The first kappa shape index (κ1) is 7.98. The summed E-state index contributed by atoms with van der Waals surface area (Å²) in [6, 6.07) is 6.86. The monoisotopic (exact) mass is 176 g/mol. The number of halogens is 1. The third-order valence-corrected chi connectivity index (χ3v) is 1.92. The molecule has 0 aliphatic rings. The van der Waals surface area contributed by atoms with Gasteiger partial charge in [0, 0.05) is 12.4 Å². The summed E-state index contributed by atoms with van der Waals surface area (Å²) in [5, 5.41) is 4.01. The third kappa shape index (κ3) is 1.45. The Hall–Kier alpha value is -1.64. The molecule has 1 heterocycles. The maximum Gasteiger partial charge on any atom is 0.128 e. The zero-order chi connectivity index (χ0) is 9.26. The van der Waals surface area contributed by atoms with Crippen LogP contribution in [0.1, 0.15) is 5.56 Å². The fourth-order valence-electron chi connectivity index (χ4n) is 1.15. The topological polar surface area (TPSA) is 17.8 Å². The van der Waals surface area contributed by atoms with E-state index in [1.807, 2.05) is 6.07 Å². The minimum Gasteiger partial charge on any atom is -0.241 e. The SMILES string of the molecule is Cc1ccc(-n2cccn2)cc1F. The van der Waals surface area contributed by atoms with E-state index in [0.29, 0.717) is 5.56 Å². The van der Waals surface area contributed by atoms with Gasteiger partial charge in [-0.3, -0.25) is 0 Å². The van der Waals surface area contributed by atoms with Crippen molar-refractivity contribution in [1.82, 2.24) is 9.78 Å². The highest BCUT2D eigenvalue weighted by atomic mass is 19.1. The molecule has 2 nitrogen and oxygen atoms in total. The van der Waals surface area contributed by atoms with E-state index in [2.05, 4.69) is 5.10 Å². The fourth-order valence-corrected chi connectivity index (χ4v) is 1.15. The second kappa shape index (κ2) is 3.01. The van der Waals surface area contributed by atoms with Crippen molar-refractivity contribution in [1.29, 1.82) is 0 Å². The molecule has 2 rings (SSSR count). The molecule has 0 atom stereocenters. The van der Waals surface area contributed by atoms with Gasteiger partial charge in [0.05, 0.1) is 5.69 Å². The van der Waals surface area contributed by atoms with Crippen LogP contribution in [0.5, 0.6) is 0 Å². The van der Waals surface area contributed by atoms with E-state index >= 15 is 0 Å². The lowest BCUT2D eigenvalue weighted by Crippen LogP contribution is -1.95. The number of rotatable bonds is 1. The van der Waals surface area contributed by atoms with Crippen LogP contribution < -0.4 is 0 Å². The zero-order valence-electron chi connectivity index (χ0n) is 7.24. The molecular weight excluding hydrogens is 167 g/mol. The van der Waals surface area contributed by atoms with Gasteiger partial charge in [0.15, 0.2) is 0 Å². The quantitative estimate of drug-likeness (QED) is 0.652. The summed E-state index contributed by atoms with van der Waals surface area (Å²) in [4.78, 5) is 0. The van der Waals surface area contributed by atoms with E-state index in [4.69, 9.17) is 0 Å². The number of benzene rings is 1. The van der Waals surface area contributed by atoms with Crippen molar-refractivity contribution in [2.24, 2.45) is 0 Å². The summed E-state index contributed by atoms with van der Waals surface area (Å²) in [5.41, 5.74) is 1.39. The average molecular weight is 176 g/mol. The molecule has 0 saturated carbocycles. The number of hydrogen-bond donors (Lipinski definition) is 0. The predicted octanol–water partition coefficient (Wildman–Crippen LogP) is 2.32. The highest BCUT2D eigenvalue weighted by Gasteiger charge is 2.00. The minimum atomic E-state index is -0.201. The largest absolute Gasteiger partial charge is 0.241 e. The molecule has 0 fully saturated rings. The van der Waals surface area contributed by atoms with Crippen LogP contribution >= 0.6 is 0 Å². The molecule has 0 aliphatic carbocycles. The number of aromatic nitrogens is 2. The van der Waals surface area contributed by atoms with Crippen LogP contribution in [0.3, 0.4) is 0 Å². The van der Waals surface area contributed by atoms with Crippen molar-refractivity contribution in [2.45, 2.75) is 6.92 Å². The molecule has 13 heavy (non-hydrogen) atoms. The maximum atomic E-state index is 13.1. The molecule has 0 spiro atoms. The Morgan fingerprint density at radius 1 is 1.38 bits per heavy atom. The van der Waals surface area contributed by atoms with Gasteiger partial charge in [-0.1, -0.05) is 6.07 Å². The first-order chi connectivity index (χ1) is 6.27. The number of nitrogens with zero attached hydrogens (tertiary/aromatic N) is 2. The molecule has 0 unspecified atom stereocenters. The Labute approximate surface area is 75.6 Å². The number of hydrogen-bond acceptors (Lipinski definition) is 1. The average Bonchev–Trinajstić information content (AvgIpc) is 2.62. The first-order valence-electron chi connectivity index (χ1n) is 4.03. The second-order valence-electron chi connectivity index (χ2n) is 2.88. The fraction of sp³-hybridized carbons (Fsp3) is 0.100.